The quantitative estimate of drug-likeness (QED) is 0.180. The van der Waals surface area contributed by atoms with Crippen molar-refractivity contribution in [1.82, 2.24) is 9.88 Å². The van der Waals surface area contributed by atoms with Gasteiger partial charge in [-0.1, -0.05) is 18.2 Å². The molecule has 5 rings (SSSR count). The third-order valence-corrected chi connectivity index (χ3v) is 7.04. The summed E-state index contributed by atoms with van der Waals surface area (Å²) < 4.78 is 41.8. The van der Waals surface area contributed by atoms with Crippen LogP contribution in [0.15, 0.2) is 69.7 Å². The zero-order valence-corrected chi connectivity index (χ0v) is 21.2. The molecule has 0 bridgehead atoms. The highest BCUT2D eigenvalue weighted by atomic mass is 32.2. The molecule has 0 unspecified atom stereocenters. The molecule has 2 heterocycles. The van der Waals surface area contributed by atoms with Crippen LogP contribution in [0.4, 0.5) is 29.3 Å². The Morgan fingerprint density at radius 2 is 1.74 bits per heavy atom. The molecule has 2 amide bonds. The first-order valence-electron chi connectivity index (χ1n) is 11.4. The van der Waals surface area contributed by atoms with Crippen LogP contribution >= 0.6 is 11.8 Å². The van der Waals surface area contributed by atoms with Crippen LogP contribution in [0.25, 0.3) is 22.7 Å². The van der Waals surface area contributed by atoms with Gasteiger partial charge < -0.3 is 10.2 Å². The van der Waals surface area contributed by atoms with Gasteiger partial charge in [-0.05, 0) is 79.2 Å². The Morgan fingerprint density at radius 1 is 0.974 bits per heavy atom. The second-order valence-corrected chi connectivity index (χ2v) is 9.79. The Kier molecular flexibility index (Phi) is 6.43. The third kappa shape index (κ3) is 4.86. The number of amides is 2. The van der Waals surface area contributed by atoms with E-state index in [2.05, 4.69) is 15.5 Å². The van der Waals surface area contributed by atoms with E-state index >= 15 is 0 Å². The Balaban J connectivity index is 1.63. The van der Waals surface area contributed by atoms with E-state index in [-0.39, 0.29) is 38.5 Å². The predicted octanol–water partition coefficient (Wildman–Crippen LogP) is 7.42. The number of thioether (sulfide) groups is 1. The lowest BCUT2D eigenvalue weighted by molar-refractivity contribution is -0.137. The maximum absolute atomic E-state index is 13.5. The molecule has 1 aliphatic heterocycles. The van der Waals surface area contributed by atoms with E-state index in [1.165, 1.54) is 34.9 Å². The van der Waals surface area contributed by atoms with Crippen LogP contribution in [0.5, 0.6) is 11.6 Å². The number of halogens is 3. The predicted molar refractivity (Wildman–Crippen MR) is 141 cm³/mol. The van der Waals surface area contributed by atoms with Gasteiger partial charge in [0, 0.05) is 16.6 Å². The number of alkyl halides is 3. The molecule has 1 aliphatic rings. The monoisotopic (exact) mass is 552 g/mol. The fourth-order valence-corrected chi connectivity index (χ4v) is 4.74. The Labute approximate surface area is 223 Å². The number of imide groups is 1. The summed E-state index contributed by atoms with van der Waals surface area (Å²) in [6.45, 7) is 3.73. The number of aromatic nitrogens is 1. The van der Waals surface area contributed by atoms with Crippen molar-refractivity contribution in [3.63, 3.8) is 0 Å². The van der Waals surface area contributed by atoms with Crippen molar-refractivity contribution in [2.24, 2.45) is 10.2 Å². The number of hydrogen-bond donors (Lipinski definition) is 3. The Hall–Kier alpha value is -4.58. The Bertz CT molecular complexity index is 1740. The van der Waals surface area contributed by atoms with E-state index in [1.807, 2.05) is 13.8 Å². The third-order valence-electron chi connectivity index (χ3n) is 6.23. The minimum atomic E-state index is -4.61. The largest absolute Gasteiger partial charge is 0.505 e. The van der Waals surface area contributed by atoms with Crippen LogP contribution < -0.4 is 5.32 Å². The molecule has 1 saturated heterocycles. The highest BCUT2D eigenvalue weighted by molar-refractivity contribution is 8.18. The summed E-state index contributed by atoms with van der Waals surface area (Å²) in [5.41, 5.74) is 1.50. The van der Waals surface area contributed by atoms with Crippen LogP contribution in [0.1, 0.15) is 22.3 Å². The SMILES string of the molecule is Cc1ccc(-n2c(O)c(N=Nc3cccc(/C=C4\SC(=O)NC4=O)c3O)c3ccc(C(F)(F)F)cc32)cc1C. The van der Waals surface area contributed by atoms with Crippen molar-refractivity contribution in [2.45, 2.75) is 20.0 Å². The van der Waals surface area contributed by atoms with E-state index < -0.39 is 28.8 Å². The number of phenolic OH excluding ortho intramolecular Hbond substituents is 1. The smallest absolute Gasteiger partial charge is 0.416 e. The standard InChI is InChI=1S/C27H19F3N4O4S/c1-13-6-8-17(10-14(13)2)34-20-12-16(27(28,29)30)7-9-18(20)22(25(34)37)33-32-19-5-3-4-15(23(19)35)11-21-24(36)31-26(38)39-21/h3-12,35,37H,1-2H3,(H,31,36,38)/b21-11-,33-32?. The highest BCUT2D eigenvalue weighted by Gasteiger charge is 2.32. The summed E-state index contributed by atoms with van der Waals surface area (Å²) in [6, 6.07) is 12.7. The Morgan fingerprint density at radius 3 is 2.41 bits per heavy atom. The number of hydrogen-bond acceptors (Lipinski definition) is 7. The molecule has 198 valence electrons. The molecule has 0 saturated carbocycles. The molecule has 0 atom stereocenters. The minimum absolute atomic E-state index is 0.0301. The summed E-state index contributed by atoms with van der Waals surface area (Å²) in [5, 5.41) is 31.8. The van der Waals surface area contributed by atoms with Gasteiger partial charge in [-0.2, -0.15) is 13.2 Å². The minimum Gasteiger partial charge on any atom is -0.505 e. The number of rotatable bonds is 4. The van der Waals surface area contributed by atoms with Gasteiger partial charge in [-0.25, -0.2) is 0 Å². The molecule has 4 aromatic rings. The summed E-state index contributed by atoms with van der Waals surface area (Å²) in [7, 11) is 0. The molecule has 0 radical (unpaired) electrons. The van der Waals surface area contributed by atoms with Crippen molar-refractivity contribution >= 4 is 51.3 Å². The number of aryl methyl sites for hydroxylation is 2. The van der Waals surface area contributed by atoms with Crippen LogP contribution in [-0.4, -0.2) is 25.9 Å². The van der Waals surface area contributed by atoms with Crippen molar-refractivity contribution in [1.29, 1.82) is 0 Å². The maximum atomic E-state index is 13.5. The first-order chi connectivity index (χ1) is 18.4. The van der Waals surface area contributed by atoms with Crippen molar-refractivity contribution in [3.05, 3.63) is 81.8 Å². The molecule has 1 aromatic heterocycles. The molecular weight excluding hydrogens is 533 g/mol. The van der Waals surface area contributed by atoms with Crippen LogP contribution in [0.3, 0.4) is 0 Å². The molecule has 39 heavy (non-hydrogen) atoms. The molecular formula is C27H19F3N4O4S. The number of fused-ring (bicyclic) bond motifs is 1. The number of nitrogens with one attached hydrogen (secondary N) is 1. The molecule has 0 spiro atoms. The molecule has 12 heteroatoms. The average Bonchev–Trinajstić information content (AvgIpc) is 3.34. The zero-order chi connectivity index (χ0) is 28.1. The molecule has 1 fully saturated rings. The van der Waals surface area contributed by atoms with Gasteiger partial charge in [0.15, 0.2) is 5.69 Å². The summed E-state index contributed by atoms with van der Waals surface area (Å²) >= 11 is 0.682. The topological polar surface area (TPSA) is 116 Å². The lowest BCUT2D eigenvalue weighted by Gasteiger charge is -2.11. The summed E-state index contributed by atoms with van der Waals surface area (Å²) in [4.78, 5) is 23.4. The average molecular weight is 553 g/mol. The number of para-hydroxylation sites is 1. The van der Waals surface area contributed by atoms with E-state index in [9.17, 15) is 33.0 Å². The molecule has 3 N–H and O–H groups in total. The molecule has 0 aliphatic carbocycles. The second-order valence-electron chi connectivity index (χ2n) is 8.77. The fourth-order valence-electron chi connectivity index (χ4n) is 4.07. The summed E-state index contributed by atoms with van der Waals surface area (Å²) in [5.74, 6) is -1.39. The molecule has 8 nitrogen and oxygen atoms in total. The van der Waals surface area contributed by atoms with E-state index in [0.717, 1.165) is 23.3 Å². The normalized spacial score (nSPS) is 15.2. The van der Waals surface area contributed by atoms with Crippen LogP contribution in [0.2, 0.25) is 0 Å². The van der Waals surface area contributed by atoms with Gasteiger partial charge in [0.1, 0.15) is 11.4 Å². The van der Waals surface area contributed by atoms with Gasteiger partial charge in [-0.3, -0.25) is 19.5 Å². The number of carbonyl (C=O) groups excluding carboxylic acids is 2. The fraction of sp³-hybridized carbons (Fsp3) is 0.111. The number of aromatic hydroxyl groups is 2. The van der Waals surface area contributed by atoms with Crippen molar-refractivity contribution < 1.29 is 33.0 Å². The van der Waals surface area contributed by atoms with E-state index in [1.54, 1.807) is 18.2 Å². The van der Waals surface area contributed by atoms with E-state index in [4.69, 9.17) is 0 Å². The first kappa shape index (κ1) is 26.0. The van der Waals surface area contributed by atoms with Crippen molar-refractivity contribution in [3.8, 4) is 17.3 Å². The summed E-state index contributed by atoms with van der Waals surface area (Å²) in [6.07, 6.45) is -3.29. The number of azo groups is 1. The number of carbonyl (C=O) groups is 2. The number of benzene rings is 3. The van der Waals surface area contributed by atoms with Gasteiger partial charge in [0.25, 0.3) is 11.1 Å². The number of phenols is 1. The van der Waals surface area contributed by atoms with Gasteiger partial charge in [0.05, 0.1) is 16.0 Å². The lowest BCUT2D eigenvalue weighted by Crippen LogP contribution is -2.17. The zero-order valence-electron chi connectivity index (χ0n) is 20.4. The molecule has 3 aromatic carbocycles. The maximum Gasteiger partial charge on any atom is 0.416 e. The van der Waals surface area contributed by atoms with Crippen molar-refractivity contribution in [2.75, 3.05) is 0 Å². The van der Waals surface area contributed by atoms with Crippen LogP contribution in [0, 0.1) is 13.8 Å². The lowest BCUT2D eigenvalue weighted by atomic mass is 10.1. The van der Waals surface area contributed by atoms with Gasteiger partial charge in [-0.15, -0.1) is 10.2 Å². The number of nitrogens with zero attached hydrogens (tertiary/aromatic N) is 3. The highest BCUT2D eigenvalue weighted by Crippen LogP contribution is 2.44. The first-order valence-corrected chi connectivity index (χ1v) is 12.3. The second kappa shape index (κ2) is 9.62. The van der Waals surface area contributed by atoms with E-state index in [0.29, 0.717) is 17.4 Å². The van der Waals surface area contributed by atoms with Gasteiger partial charge in [0.2, 0.25) is 5.88 Å². The van der Waals surface area contributed by atoms with Crippen LogP contribution in [-0.2, 0) is 11.0 Å². The van der Waals surface area contributed by atoms with Gasteiger partial charge >= 0.3 is 6.18 Å².